The lowest BCUT2D eigenvalue weighted by Gasteiger charge is -2.18. The minimum atomic E-state index is -4.76. The Balaban J connectivity index is 3.98. The third kappa shape index (κ3) is 34.8. The van der Waals surface area contributed by atoms with E-state index in [1.54, 1.807) is 0 Å². The number of rotatable bonds is 37. The molecule has 0 fully saturated rings. The fraction of sp³-hybridized carbons (Fsp3) is 0.775. The van der Waals surface area contributed by atoms with Crippen molar-refractivity contribution in [3.63, 3.8) is 0 Å². The number of aliphatic hydroxyl groups is 1. The molecule has 0 saturated heterocycles. The Hall–Kier alpha value is -2.30. The van der Waals surface area contributed by atoms with Crippen LogP contribution < -0.4 is 5.32 Å². The maximum Gasteiger partial charge on any atom is 0.472 e. The van der Waals surface area contributed by atoms with Crippen LogP contribution >= 0.6 is 7.82 Å². The van der Waals surface area contributed by atoms with Gasteiger partial charge in [-0.3, -0.25) is 18.6 Å². The number of hydrogen-bond acceptors (Lipinski definition) is 8. The topological polar surface area (TPSA) is 169 Å². The summed E-state index contributed by atoms with van der Waals surface area (Å²) in [7, 11) is -4.76. The lowest BCUT2D eigenvalue weighted by Crippen LogP contribution is -2.43. The van der Waals surface area contributed by atoms with Gasteiger partial charge < -0.3 is 25.2 Å². The number of carboxylic acids is 1. The summed E-state index contributed by atoms with van der Waals surface area (Å²) in [6.07, 6.45) is 36.0. The van der Waals surface area contributed by atoms with Gasteiger partial charge in [0.2, 0.25) is 5.91 Å². The zero-order valence-electron chi connectivity index (χ0n) is 32.4. The molecule has 0 aliphatic carbocycles. The van der Waals surface area contributed by atoms with E-state index in [0.29, 0.717) is 12.8 Å². The predicted molar refractivity (Wildman–Crippen MR) is 208 cm³/mol. The van der Waals surface area contributed by atoms with E-state index in [0.717, 1.165) is 83.5 Å². The number of esters is 1. The number of phosphoric ester groups is 1. The number of allylic oxidation sites excluding steroid dienone is 6. The Kier molecular flexibility index (Phi) is 34.1. The number of hydrogen-bond donors (Lipinski definition) is 4. The van der Waals surface area contributed by atoms with Gasteiger partial charge in [-0.25, -0.2) is 9.36 Å². The van der Waals surface area contributed by atoms with Gasteiger partial charge in [-0.05, 0) is 64.2 Å². The van der Waals surface area contributed by atoms with E-state index >= 15 is 0 Å². The van der Waals surface area contributed by atoms with Crippen LogP contribution in [0.5, 0.6) is 0 Å². The van der Waals surface area contributed by atoms with Crippen molar-refractivity contribution in [2.45, 2.75) is 180 Å². The first-order chi connectivity index (χ1) is 25.1. The van der Waals surface area contributed by atoms with Crippen molar-refractivity contribution in [1.82, 2.24) is 5.32 Å². The monoisotopic (exact) mass is 757 g/mol. The largest absolute Gasteiger partial charge is 0.480 e. The molecule has 0 rings (SSSR count). The molecular weight excluding hydrogens is 685 g/mol. The molecule has 0 heterocycles. The molecule has 0 aromatic rings. The highest BCUT2D eigenvalue weighted by atomic mass is 31.2. The first-order valence-corrected chi connectivity index (χ1v) is 21.5. The average molecular weight is 758 g/mol. The first-order valence-electron chi connectivity index (χ1n) is 20.0. The van der Waals surface area contributed by atoms with Gasteiger partial charge in [-0.15, -0.1) is 0 Å². The summed E-state index contributed by atoms with van der Waals surface area (Å²) in [6.45, 7) is 2.50. The number of nitrogens with one attached hydrogen (secondary N) is 1. The number of unbranched alkanes of at least 4 members (excludes halogenated alkanes) is 17. The van der Waals surface area contributed by atoms with Crippen LogP contribution in [0.4, 0.5) is 0 Å². The second kappa shape index (κ2) is 35.7. The fourth-order valence-electron chi connectivity index (χ4n) is 5.21. The van der Waals surface area contributed by atoms with Gasteiger partial charge in [0, 0.05) is 12.8 Å². The van der Waals surface area contributed by atoms with Gasteiger partial charge in [0.15, 0.2) is 6.04 Å². The summed E-state index contributed by atoms with van der Waals surface area (Å²) >= 11 is 0. The molecule has 52 heavy (non-hydrogen) atoms. The Labute approximate surface area is 314 Å². The number of carbonyl (C=O) groups excluding carboxylic acids is 2. The molecule has 0 aliphatic heterocycles. The molecule has 11 nitrogen and oxygen atoms in total. The van der Waals surface area contributed by atoms with E-state index in [2.05, 4.69) is 55.6 Å². The standard InChI is InChI=1S/C40H72NO10P/c1-3-5-7-9-11-13-15-17-19-21-23-25-27-29-31-38(43)41-37(40(45)46)35-51-52(47,48)50-34-36(42)33-49-39(44)32-30-28-26-24-22-20-18-16-14-12-10-8-6-4-2/h9,11,15-18,36-37,42H,3-8,10,12-14,19-35H2,1-2H3,(H,41,43)(H,45,46)(H,47,48)/b11-9-,17-15-,18-16-. The van der Waals surface area contributed by atoms with Crippen LogP contribution in [0.1, 0.15) is 168 Å². The SMILES string of the molecule is CCCC/C=C\C/C=C\CCCCCCCC(=O)NC(COP(=O)(O)OCC(O)COC(=O)CCCCCCC/C=C\CCCCCCC)C(=O)O. The number of aliphatic carboxylic acids is 1. The third-order valence-electron chi connectivity index (χ3n) is 8.40. The highest BCUT2D eigenvalue weighted by Crippen LogP contribution is 2.43. The third-order valence-corrected chi connectivity index (χ3v) is 9.35. The highest BCUT2D eigenvalue weighted by molar-refractivity contribution is 7.47. The number of ether oxygens (including phenoxy) is 1. The van der Waals surface area contributed by atoms with Gasteiger partial charge in [0.1, 0.15) is 12.7 Å². The smallest absolute Gasteiger partial charge is 0.472 e. The van der Waals surface area contributed by atoms with E-state index in [1.807, 2.05) is 0 Å². The van der Waals surface area contributed by atoms with E-state index in [9.17, 15) is 34.1 Å². The van der Waals surface area contributed by atoms with Gasteiger partial charge in [-0.2, -0.15) is 0 Å². The Morgan fingerprint density at radius 2 is 1.08 bits per heavy atom. The number of aliphatic hydroxyl groups excluding tert-OH is 1. The molecule has 302 valence electrons. The predicted octanol–water partition coefficient (Wildman–Crippen LogP) is 9.66. The molecule has 0 spiro atoms. The van der Waals surface area contributed by atoms with Crippen LogP contribution in [0.25, 0.3) is 0 Å². The van der Waals surface area contributed by atoms with E-state index in [-0.39, 0.29) is 12.8 Å². The highest BCUT2D eigenvalue weighted by Gasteiger charge is 2.28. The van der Waals surface area contributed by atoms with Crippen molar-refractivity contribution in [3.05, 3.63) is 36.5 Å². The maximum absolute atomic E-state index is 12.3. The van der Waals surface area contributed by atoms with Crippen molar-refractivity contribution in [3.8, 4) is 0 Å². The summed E-state index contributed by atoms with van der Waals surface area (Å²) in [4.78, 5) is 45.7. The van der Waals surface area contributed by atoms with Crippen LogP contribution in [0.3, 0.4) is 0 Å². The summed E-state index contributed by atoms with van der Waals surface area (Å²) in [5, 5.41) is 21.7. The summed E-state index contributed by atoms with van der Waals surface area (Å²) in [5.74, 6) is -2.40. The van der Waals surface area contributed by atoms with Crippen LogP contribution in [-0.2, 0) is 32.7 Å². The van der Waals surface area contributed by atoms with Crippen molar-refractivity contribution in [1.29, 1.82) is 0 Å². The quantitative estimate of drug-likeness (QED) is 0.0207. The number of amides is 1. The Morgan fingerprint density at radius 3 is 1.63 bits per heavy atom. The lowest BCUT2D eigenvalue weighted by molar-refractivity contribution is -0.147. The molecule has 1 amide bonds. The van der Waals surface area contributed by atoms with E-state index in [1.165, 1.54) is 44.9 Å². The normalized spacial score (nSPS) is 14.2. The molecule has 3 atom stereocenters. The molecule has 0 saturated carbocycles. The summed E-state index contributed by atoms with van der Waals surface area (Å²) in [6, 6.07) is -1.55. The minimum Gasteiger partial charge on any atom is -0.480 e. The van der Waals surface area contributed by atoms with Gasteiger partial charge in [0.25, 0.3) is 0 Å². The molecule has 0 bridgehead atoms. The van der Waals surface area contributed by atoms with E-state index in [4.69, 9.17) is 13.8 Å². The van der Waals surface area contributed by atoms with Crippen molar-refractivity contribution < 1.29 is 47.8 Å². The second-order valence-corrected chi connectivity index (χ2v) is 14.9. The molecule has 0 aromatic heterocycles. The molecule has 0 aliphatic rings. The Bertz CT molecular complexity index is 1030. The maximum atomic E-state index is 12.3. The van der Waals surface area contributed by atoms with Gasteiger partial charge in [-0.1, -0.05) is 127 Å². The lowest BCUT2D eigenvalue weighted by atomic mass is 10.1. The summed E-state index contributed by atoms with van der Waals surface area (Å²) < 4.78 is 26.7. The minimum absolute atomic E-state index is 0.128. The molecule has 12 heteroatoms. The number of carboxylic acid groups (broad SMARTS) is 1. The molecule has 4 N–H and O–H groups in total. The van der Waals surface area contributed by atoms with Gasteiger partial charge >= 0.3 is 19.8 Å². The molecule has 3 unspecified atom stereocenters. The Morgan fingerprint density at radius 1 is 0.615 bits per heavy atom. The van der Waals surface area contributed by atoms with Crippen molar-refractivity contribution in [2.75, 3.05) is 19.8 Å². The first kappa shape index (κ1) is 49.7. The molecular formula is C40H72NO10P. The van der Waals surface area contributed by atoms with Crippen molar-refractivity contribution in [2.24, 2.45) is 0 Å². The van der Waals surface area contributed by atoms with Crippen LogP contribution in [-0.4, -0.2) is 64.9 Å². The van der Waals surface area contributed by atoms with E-state index < -0.39 is 57.6 Å². The van der Waals surface area contributed by atoms with Gasteiger partial charge in [0.05, 0.1) is 13.2 Å². The van der Waals surface area contributed by atoms with Crippen LogP contribution in [0.2, 0.25) is 0 Å². The zero-order chi connectivity index (χ0) is 38.5. The fourth-order valence-corrected chi connectivity index (χ4v) is 5.98. The van der Waals surface area contributed by atoms with Crippen LogP contribution in [0.15, 0.2) is 36.5 Å². The number of phosphoric acid groups is 1. The second-order valence-electron chi connectivity index (χ2n) is 13.5. The number of carbonyl (C=O) groups is 3. The zero-order valence-corrected chi connectivity index (χ0v) is 33.3. The van der Waals surface area contributed by atoms with Crippen LogP contribution in [0, 0.1) is 0 Å². The molecule has 0 aromatic carbocycles. The summed E-state index contributed by atoms with van der Waals surface area (Å²) in [5.41, 5.74) is 0. The average Bonchev–Trinajstić information content (AvgIpc) is 3.11. The van der Waals surface area contributed by atoms with Crippen molar-refractivity contribution >= 4 is 25.7 Å². The molecule has 0 radical (unpaired) electrons.